The zero-order valence-electron chi connectivity index (χ0n) is 12.9. The maximum absolute atomic E-state index is 6.31. The molecule has 0 aliphatic rings. The molecule has 3 nitrogen and oxygen atoms in total. The number of rotatable bonds is 6. The summed E-state index contributed by atoms with van der Waals surface area (Å²) in [5, 5.41) is 4.99. The van der Waals surface area contributed by atoms with E-state index in [2.05, 4.69) is 31.1 Å². The molecule has 0 saturated carbocycles. The van der Waals surface area contributed by atoms with E-state index < -0.39 is 0 Å². The molecule has 0 saturated heterocycles. The highest BCUT2D eigenvalue weighted by Gasteiger charge is 2.10. The van der Waals surface area contributed by atoms with E-state index in [-0.39, 0.29) is 6.04 Å². The molecule has 1 unspecified atom stereocenters. The number of nitrogens with zero attached hydrogens (tertiary/aromatic N) is 1. The van der Waals surface area contributed by atoms with E-state index in [1.165, 1.54) is 4.88 Å². The summed E-state index contributed by atoms with van der Waals surface area (Å²) in [6.07, 6.45) is 0. The minimum Gasteiger partial charge on any atom is -0.485 e. The Hall–Kier alpha value is -1.10. The number of hydrogen-bond donors (Lipinski definition) is 1. The van der Waals surface area contributed by atoms with Crippen LogP contribution < -0.4 is 10.1 Å². The topological polar surface area (TPSA) is 34.1 Å². The molecule has 0 aliphatic carbocycles. The number of aromatic nitrogens is 1. The van der Waals surface area contributed by atoms with Gasteiger partial charge in [0.15, 0.2) is 0 Å². The van der Waals surface area contributed by atoms with Crippen LogP contribution in [0, 0.1) is 13.8 Å². The fourth-order valence-electron chi connectivity index (χ4n) is 2.07. The molecule has 1 N–H and O–H groups in total. The first kappa shape index (κ1) is 16.3. The number of halogens is 1. The quantitative estimate of drug-likeness (QED) is 0.839. The van der Waals surface area contributed by atoms with Crippen molar-refractivity contribution in [3.63, 3.8) is 0 Å². The second-order valence-corrected chi connectivity index (χ2v) is 6.70. The Morgan fingerprint density at radius 2 is 2.14 bits per heavy atom. The summed E-state index contributed by atoms with van der Waals surface area (Å²) in [4.78, 5) is 5.70. The minimum atomic E-state index is 0.283. The van der Waals surface area contributed by atoms with Gasteiger partial charge < -0.3 is 10.1 Å². The molecule has 0 amide bonds. The fraction of sp³-hybridized carbons (Fsp3) is 0.438. The van der Waals surface area contributed by atoms with Crippen molar-refractivity contribution < 1.29 is 4.74 Å². The molecule has 114 valence electrons. The fourth-order valence-corrected chi connectivity index (χ4v) is 3.16. The summed E-state index contributed by atoms with van der Waals surface area (Å²) in [6, 6.07) is 6.22. The Kier molecular flexibility index (Phi) is 5.62. The normalized spacial score (nSPS) is 12.4. The van der Waals surface area contributed by atoms with Crippen LogP contribution in [-0.4, -0.2) is 11.5 Å². The van der Waals surface area contributed by atoms with Gasteiger partial charge in [0.1, 0.15) is 17.4 Å². The van der Waals surface area contributed by atoms with Crippen LogP contribution in [0.1, 0.15) is 41.0 Å². The van der Waals surface area contributed by atoms with Gasteiger partial charge in [0, 0.05) is 10.9 Å². The van der Waals surface area contributed by atoms with Crippen molar-refractivity contribution in [2.75, 3.05) is 6.54 Å². The zero-order valence-corrected chi connectivity index (χ0v) is 14.4. The van der Waals surface area contributed by atoms with Crippen LogP contribution in [0.25, 0.3) is 0 Å². The van der Waals surface area contributed by atoms with E-state index in [4.69, 9.17) is 16.3 Å². The maximum atomic E-state index is 6.31. The van der Waals surface area contributed by atoms with E-state index in [1.807, 2.05) is 25.1 Å². The van der Waals surface area contributed by atoms with E-state index >= 15 is 0 Å². The molecule has 0 aliphatic heterocycles. The Bertz CT molecular complexity index is 593. The number of thiazole rings is 1. The Morgan fingerprint density at radius 1 is 1.38 bits per heavy atom. The third-order valence-electron chi connectivity index (χ3n) is 3.39. The third kappa shape index (κ3) is 4.19. The molecular weight excluding hydrogens is 304 g/mol. The standard InChI is InChI=1S/C16H21ClN2OS/c1-5-18-11(3)13-6-7-15(14(17)8-13)20-9-16-19-10(2)12(4)21-16/h6-8,11,18H,5,9H2,1-4H3. The Balaban J connectivity index is 2.04. The molecule has 2 rings (SSSR count). The van der Waals surface area contributed by atoms with Crippen LogP contribution in [0.5, 0.6) is 5.75 Å². The van der Waals surface area contributed by atoms with Gasteiger partial charge in [-0.2, -0.15) is 0 Å². The van der Waals surface area contributed by atoms with Crippen LogP contribution in [0.3, 0.4) is 0 Å². The molecule has 1 aromatic heterocycles. The molecule has 1 aromatic carbocycles. The minimum absolute atomic E-state index is 0.283. The molecule has 2 aromatic rings. The molecule has 0 radical (unpaired) electrons. The molecular formula is C16H21ClN2OS. The Labute approximate surface area is 135 Å². The average molecular weight is 325 g/mol. The molecule has 1 heterocycles. The van der Waals surface area contributed by atoms with Crippen molar-refractivity contribution in [2.24, 2.45) is 0 Å². The second-order valence-electron chi connectivity index (χ2n) is 5.01. The summed E-state index contributed by atoms with van der Waals surface area (Å²) in [7, 11) is 0. The van der Waals surface area contributed by atoms with Crippen molar-refractivity contribution in [3.8, 4) is 5.75 Å². The zero-order chi connectivity index (χ0) is 15.4. The van der Waals surface area contributed by atoms with Gasteiger partial charge in [-0.05, 0) is 45.0 Å². The van der Waals surface area contributed by atoms with Crippen LogP contribution in [0.4, 0.5) is 0 Å². The van der Waals surface area contributed by atoms with Gasteiger partial charge in [0.25, 0.3) is 0 Å². The van der Waals surface area contributed by atoms with E-state index in [0.29, 0.717) is 17.4 Å². The average Bonchev–Trinajstić information content (AvgIpc) is 2.76. The lowest BCUT2D eigenvalue weighted by Gasteiger charge is -2.14. The van der Waals surface area contributed by atoms with E-state index in [1.54, 1.807) is 11.3 Å². The molecule has 0 spiro atoms. The van der Waals surface area contributed by atoms with Gasteiger partial charge in [-0.3, -0.25) is 0 Å². The smallest absolute Gasteiger partial charge is 0.140 e. The number of ether oxygens (including phenoxy) is 1. The van der Waals surface area contributed by atoms with Crippen molar-refractivity contribution in [1.82, 2.24) is 10.3 Å². The van der Waals surface area contributed by atoms with Gasteiger partial charge >= 0.3 is 0 Å². The van der Waals surface area contributed by atoms with Crippen LogP contribution >= 0.6 is 22.9 Å². The lowest BCUT2D eigenvalue weighted by Crippen LogP contribution is -2.17. The molecule has 21 heavy (non-hydrogen) atoms. The predicted molar refractivity (Wildman–Crippen MR) is 89.5 cm³/mol. The Morgan fingerprint density at radius 3 is 2.71 bits per heavy atom. The van der Waals surface area contributed by atoms with Crippen molar-refractivity contribution in [1.29, 1.82) is 0 Å². The molecule has 1 atom stereocenters. The van der Waals surface area contributed by atoms with Gasteiger partial charge in [-0.1, -0.05) is 24.6 Å². The number of benzene rings is 1. The van der Waals surface area contributed by atoms with Gasteiger partial charge in [-0.15, -0.1) is 11.3 Å². The lowest BCUT2D eigenvalue weighted by molar-refractivity contribution is 0.305. The highest BCUT2D eigenvalue weighted by Crippen LogP contribution is 2.29. The van der Waals surface area contributed by atoms with E-state index in [0.717, 1.165) is 22.8 Å². The largest absolute Gasteiger partial charge is 0.485 e. The first-order valence-electron chi connectivity index (χ1n) is 7.09. The SMILES string of the molecule is CCNC(C)c1ccc(OCc2nc(C)c(C)s2)c(Cl)c1. The molecule has 5 heteroatoms. The predicted octanol–water partition coefficient (Wildman–Crippen LogP) is 4.66. The van der Waals surface area contributed by atoms with Crippen LogP contribution in [0.15, 0.2) is 18.2 Å². The summed E-state index contributed by atoms with van der Waals surface area (Å²) >= 11 is 7.97. The third-order valence-corrected chi connectivity index (χ3v) is 4.73. The number of aryl methyl sites for hydroxylation is 2. The first-order valence-corrected chi connectivity index (χ1v) is 8.29. The van der Waals surface area contributed by atoms with Crippen molar-refractivity contribution in [2.45, 2.75) is 40.3 Å². The summed E-state index contributed by atoms with van der Waals surface area (Å²) in [5.74, 6) is 0.703. The van der Waals surface area contributed by atoms with Crippen LogP contribution in [0.2, 0.25) is 5.02 Å². The monoisotopic (exact) mass is 324 g/mol. The number of nitrogens with one attached hydrogen (secondary N) is 1. The highest BCUT2D eigenvalue weighted by atomic mass is 35.5. The lowest BCUT2D eigenvalue weighted by atomic mass is 10.1. The van der Waals surface area contributed by atoms with Crippen molar-refractivity contribution in [3.05, 3.63) is 44.4 Å². The van der Waals surface area contributed by atoms with E-state index in [9.17, 15) is 0 Å². The highest BCUT2D eigenvalue weighted by molar-refractivity contribution is 7.11. The van der Waals surface area contributed by atoms with Gasteiger partial charge in [0.05, 0.1) is 10.7 Å². The van der Waals surface area contributed by atoms with Gasteiger partial charge in [0.2, 0.25) is 0 Å². The summed E-state index contributed by atoms with van der Waals surface area (Å²) in [6.45, 7) is 9.69. The molecule has 0 fully saturated rings. The summed E-state index contributed by atoms with van der Waals surface area (Å²) < 4.78 is 5.78. The van der Waals surface area contributed by atoms with Crippen LogP contribution in [-0.2, 0) is 6.61 Å². The van der Waals surface area contributed by atoms with Gasteiger partial charge in [-0.25, -0.2) is 4.98 Å². The molecule has 0 bridgehead atoms. The first-order chi connectivity index (χ1) is 10.0. The maximum Gasteiger partial charge on any atom is 0.140 e. The second kappa shape index (κ2) is 7.25. The number of hydrogen-bond acceptors (Lipinski definition) is 4. The summed E-state index contributed by atoms with van der Waals surface area (Å²) in [5.41, 5.74) is 2.23. The van der Waals surface area contributed by atoms with Crippen molar-refractivity contribution >= 4 is 22.9 Å².